The van der Waals surface area contributed by atoms with E-state index in [1.165, 1.54) is 17.1 Å². The summed E-state index contributed by atoms with van der Waals surface area (Å²) in [4.78, 5) is 0. The Balaban J connectivity index is 0.000000360. The van der Waals surface area contributed by atoms with Crippen LogP contribution in [0.2, 0.25) is 10.6 Å². The molecule has 2 N–H and O–H groups in total. The summed E-state index contributed by atoms with van der Waals surface area (Å²) in [5, 5.41) is 2.75. The van der Waals surface area contributed by atoms with Crippen LogP contribution in [0.15, 0.2) is 0 Å². The van der Waals surface area contributed by atoms with Crippen LogP contribution in [-0.2, 0) is 0 Å². The Hall–Kier alpha value is 0.769. The molecule has 1 heterocycles. The van der Waals surface area contributed by atoms with Crippen molar-refractivity contribution < 1.29 is 0 Å². The van der Waals surface area contributed by atoms with Crippen LogP contribution in [0.5, 0.6) is 0 Å². The van der Waals surface area contributed by atoms with Gasteiger partial charge in [-0.3, -0.25) is 0 Å². The van der Waals surface area contributed by atoms with Crippen LogP contribution < -0.4 is 5.73 Å². The Morgan fingerprint density at radius 3 is 2.43 bits per heavy atom. The van der Waals surface area contributed by atoms with Crippen LogP contribution in [0.4, 0.5) is 0 Å². The maximum absolute atomic E-state index is 5.55. The van der Waals surface area contributed by atoms with E-state index in [1.54, 1.807) is 0 Å². The van der Waals surface area contributed by atoms with Gasteiger partial charge in [-0.2, -0.15) is 0 Å². The van der Waals surface area contributed by atoms with Gasteiger partial charge in [-0.15, -0.1) is 12.4 Å². The molecule has 7 heavy (non-hydrogen) atoms. The van der Waals surface area contributed by atoms with Crippen molar-refractivity contribution in [1.29, 1.82) is 0 Å². The van der Waals surface area contributed by atoms with Crippen molar-refractivity contribution in [1.82, 2.24) is 0 Å². The first-order chi connectivity index (χ1) is 2.89. The molecule has 0 radical (unpaired) electrons. The molecule has 1 aliphatic heterocycles. The molecule has 0 unspecified atom stereocenters. The number of hydrogen-bond acceptors (Lipinski definition) is 1. The Kier molecular flexibility index (Phi) is 4.14. The van der Waals surface area contributed by atoms with E-state index in [0.717, 1.165) is 15.0 Å². The first-order valence-electron chi connectivity index (χ1n) is 2.23. The van der Waals surface area contributed by atoms with Gasteiger partial charge in [0.05, 0.1) is 0 Å². The van der Waals surface area contributed by atoms with E-state index in [2.05, 4.69) is 0 Å². The van der Waals surface area contributed by atoms with Gasteiger partial charge in [0, 0.05) is 0 Å². The molecular formula is C4H10ClNSe. The minimum absolute atomic E-state index is 0. The predicted molar refractivity (Wildman–Crippen MR) is 35.2 cm³/mol. The van der Waals surface area contributed by atoms with Crippen LogP contribution in [-0.4, -0.2) is 21.0 Å². The maximum atomic E-state index is 5.55. The van der Waals surface area contributed by atoms with E-state index < -0.39 is 0 Å². The topological polar surface area (TPSA) is 26.0 Å². The van der Waals surface area contributed by atoms with Gasteiger partial charge in [0.1, 0.15) is 0 Å². The van der Waals surface area contributed by atoms with Crippen molar-refractivity contribution in [2.45, 2.75) is 23.1 Å². The molecule has 0 amide bonds. The predicted octanol–water partition coefficient (Wildman–Crippen LogP) is 0.680. The van der Waals surface area contributed by atoms with Crippen molar-refractivity contribution in [3.8, 4) is 0 Å². The SMILES string of the molecule is Cl.N[C@@H]1CC[Se]C1. The summed E-state index contributed by atoms with van der Waals surface area (Å²) < 4.78 is 0. The third-order valence-corrected chi connectivity index (χ3v) is 3.46. The van der Waals surface area contributed by atoms with Crippen molar-refractivity contribution in [3.05, 3.63) is 0 Å². The zero-order valence-electron chi connectivity index (χ0n) is 4.09. The average molecular weight is 187 g/mol. The van der Waals surface area contributed by atoms with Gasteiger partial charge < -0.3 is 0 Å². The molecule has 1 rings (SSSR count). The fraction of sp³-hybridized carbons (Fsp3) is 1.00. The molecule has 1 saturated heterocycles. The molecule has 0 aromatic heterocycles. The van der Waals surface area contributed by atoms with E-state index in [4.69, 9.17) is 5.73 Å². The fourth-order valence-electron chi connectivity index (χ4n) is 0.553. The monoisotopic (exact) mass is 187 g/mol. The Bertz CT molecular complexity index is 45.0. The number of hydrogen-bond donors (Lipinski definition) is 1. The minimum atomic E-state index is 0. The van der Waals surface area contributed by atoms with Gasteiger partial charge in [0.25, 0.3) is 0 Å². The molecular weight excluding hydrogens is 176 g/mol. The number of rotatable bonds is 0. The van der Waals surface area contributed by atoms with Gasteiger partial charge >= 0.3 is 43.8 Å². The van der Waals surface area contributed by atoms with Crippen LogP contribution >= 0.6 is 12.4 Å². The first kappa shape index (κ1) is 7.77. The number of halogens is 1. The summed E-state index contributed by atoms with van der Waals surface area (Å²) in [5.41, 5.74) is 5.55. The molecule has 1 fully saturated rings. The van der Waals surface area contributed by atoms with Gasteiger partial charge in [-0.1, -0.05) is 0 Å². The summed E-state index contributed by atoms with van der Waals surface area (Å²) in [6.45, 7) is 0. The molecule has 0 aromatic rings. The van der Waals surface area contributed by atoms with E-state index in [-0.39, 0.29) is 12.4 Å². The summed E-state index contributed by atoms with van der Waals surface area (Å²) in [6.07, 6.45) is 1.29. The Labute approximate surface area is 56.6 Å². The second-order valence-corrected chi connectivity index (χ2v) is 4.04. The first-order valence-corrected chi connectivity index (χ1v) is 4.65. The molecule has 1 nitrogen and oxygen atoms in total. The Morgan fingerprint density at radius 2 is 2.29 bits per heavy atom. The van der Waals surface area contributed by atoms with Crippen molar-refractivity contribution in [2.75, 3.05) is 0 Å². The zero-order valence-corrected chi connectivity index (χ0v) is 6.62. The van der Waals surface area contributed by atoms with Gasteiger partial charge in [-0.05, 0) is 0 Å². The van der Waals surface area contributed by atoms with Gasteiger partial charge in [0.15, 0.2) is 0 Å². The molecule has 3 heteroatoms. The summed E-state index contributed by atoms with van der Waals surface area (Å²) in [6, 6.07) is 0.574. The summed E-state index contributed by atoms with van der Waals surface area (Å²) in [5.74, 6) is 0. The van der Waals surface area contributed by atoms with Crippen LogP contribution in [0, 0.1) is 0 Å². The van der Waals surface area contributed by atoms with Crippen LogP contribution in [0.25, 0.3) is 0 Å². The molecule has 44 valence electrons. The summed E-state index contributed by atoms with van der Waals surface area (Å²) in [7, 11) is 0. The summed E-state index contributed by atoms with van der Waals surface area (Å²) >= 11 is 0.916. The van der Waals surface area contributed by atoms with Crippen LogP contribution in [0.1, 0.15) is 6.42 Å². The fourth-order valence-corrected chi connectivity index (χ4v) is 2.87. The second-order valence-electron chi connectivity index (χ2n) is 1.62. The molecule has 1 aliphatic rings. The van der Waals surface area contributed by atoms with Crippen molar-refractivity contribution in [2.24, 2.45) is 5.73 Å². The van der Waals surface area contributed by atoms with Crippen molar-refractivity contribution >= 4 is 27.4 Å². The Morgan fingerprint density at radius 1 is 1.57 bits per heavy atom. The molecule has 0 spiro atoms. The number of nitrogens with two attached hydrogens (primary N) is 1. The third kappa shape index (κ3) is 2.55. The average Bonchev–Trinajstić information content (AvgIpc) is 1.86. The quantitative estimate of drug-likeness (QED) is 0.554. The normalized spacial score (nSPS) is 29.6. The molecule has 0 saturated carbocycles. The van der Waals surface area contributed by atoms with E-state index in [0.29, 0.717) is 6.04 Å². The van der Waals surface area contributed by atoms with E-state index in [1.807, 2.05) is 0 Å². The second kappa shape index (κ2) is 3.73. The molecule has 0 aliphatic carbocycles. The standard InChI is InChI=1S/C4H9NSe.ClH/c5-4-1-2-6-3-4;/h4H,1-3,5H2;1H/t4-;/m1./s1. The van der Waals surface area contributed by atoms with E-state index >= 15 is 0 Å². The van der Waals surface area contributed by atoms with Crippen LogP contribution in [0.3, 0.4) is 0 Å². The van der Waals surface area contributed by atoms with Crippen molar-refractivity contribution in [3.63, 3.8) is 0 Å². The molecule has 0 bridgehead atoms. The van der Waals surface area contributed by atoms with E-state index in [9.17, 15) is 0 Å². The van der Waals surface area contributed by atoms with Gasteiger partial charge in [-0.25, -0.2) is 0 Å². The van der Waals surface area contributed by atoms with Gasteiger partial charge in [0.2, 0.25) is 0 Å². The molecule has 1 atom stereocenters. The zero-order chi connectivity index (χ0) is 4.41. The molecule has 0 aromatic carbocycles. The third-order valence-electron chi connectivity index (χ3n) is 0.965.